The molecule has 1 aromatic carbocycles. The molecule has 3 amide bonds. The second-order valence-corrected chi connectivity index (χ2v) is 7.31. The molecule has 0 bridgehead atoms. The van der Waals surface area contributed by atoms with Gasteiger partial charge in [0.15, 0.2) is 5.82 Å². The van der Waals surface area contributed by atoms with Gasteiger partial charge in [0.25, 0.3) is 11.8 Å². The number of carbonyl (C=O) groups excluding carboxylic acids is 3. The van der Waals surface area contributed by atoms with Crippen molar-refractivity contribution in [2.45, 2.75) is 13.8 Å². The third-order valence-corrected chi connectivity index (χ3v) is 5.11. The maximum atomic E-state index is 12.8. The molecule has 2 N–H and O–H groups in total. The molecule has 11 heteroatoms. The SMILES string of the molecule is CNC(=O)c1ccc(C)c(Nc2ncnn3cc(C(=O)N(C)C(=O)OCI)c(C)c23)c1. The monoisotopic (exact) mass is 536 g/mol. The number of carbonyl (C=O) groups is 3. The van der Waals surface area contributed by atoms with E-state index in [2.05, 4.69) is 20.7 Å². The van der Waals surface area contributed by atoms with Gasteiger partial charge in [-0.05, 0) is 59.7 Å². The van der Waals surface area contributed by atoms with E-state index < -0.39 is 12.0 Å². The van der Waals surface area contributed by atoms with Crippen LogP contribution in [0.5, 0.6) is 0 Å². The largest absolute Gasteiger partial charge is 0.438 e. The Morgan fingerprint density at radius 3 is 2.68 bits per heavy atom. The van der Waals surface area contributed by atoms with E-state index in [9.17, 15) is 14.4 Å². The van der Waals surface area contributed by atoms with Crippen LogP contribution in [0.3, 0.4) is 0 Å². The first-order chi connectivity index (χ1) is 14.8. The molecule has 0 saturated carbocycles. The summed E-state index contributed by atoms with van der Waals surface area (Å²) in [5.41, 5.74) is 3.57. The van der Waals surface area contributed by atoms with E-state index >= 15 is 0 Å². The molecular weight excluding hydrogens is 515 g/mol. The highest BCUT2D eigenvalue weighted by Gasteiger charge is 2.25. The second-order valence-electron chi connectivity index (χ2n) is 6.69. The van der Waals surface area contributed by atoms with Crippen molar-refractivity contribution in [2.75, 3.05) is 24.0 Å². The average molecular weight is 536 g/mol. The Kier molecular flexibility index (Phi) is 6.73. The van der Waals surface area contributed by atoms with E-state index in [0.717, 1.165) is 10.5 Å². The molecule has 0 saturated heterocycles. The van der Waals surface area contributed by atoms with Crippen LogP contribution in [-0.4, -0.2) is 56.1 Å². The summed E-state index contributed by atoms with van der Waals surface area (Å²) in [6.07, 6.45) is 2.16. The van der Waals surface area contributed by atoms with E-state index in [-0.39, 0.29) is 10.5 Å². The van der Waals surface area contributed by atoms with Crippen LogP contribution in [0.4, 0.5) is 16.3 Å². The minimum absolute atomic E-state index is 0.138. The van der Waals surface area contributed by atoms with Gasteiger partial charge in [-0.1, -0.05) is 6.07 Å². The number of alkyl halides is 1. The lowest BCUT2D eigenvalue weighted by Gasteiger charge is -2.14. The van der Waals surface area contributed by atoms with Crippen LogP contribution < -0.4 is 10.6 Å². The zero-order valence-electron chi connectivity index (χ0n) is 17.4. The Labute approximate surface area is 192 Å². The number of hydrogen-bond donors (Lipinski definition) is 2. The molecule has 2 aromatic heterocycles. The highest BCUT2D eigenvalue weighted by atomic mass is 127. The predicted octanol–water partition coefficient (Wildman–Crippen LogP) is 3.05. The summed E-state index contributed by atoms with van der Waals surface area (Å²) in [6, 6.07) is 5.29. The highest BCUT2D eigenvalue weighted by Crippen LogP contribution is 2.28. The first-order valence-corrected chi connectivity index (χ1v) is 10.7. The van der Waals surface area contributed by atoms with E-state index in [1.54, 1.807) is 32.3 Å². The zero-order valence-corrected chi connectivity index (χ0v) is 19.6. The van der Waals surface area contributed by atoms with Crippen LogP contribution in [0.2, 0.25) is 0 Å². The summed E-state index contributed by atoms with van der Waals surface area (Å²) in [6.45, 7) is 3.66. The van der Waals surface area contributed by atoms with Gasteiger partial charge < -0.3 is 15.4 Å². The zero-order chi connectivity index (χ0) is 22.7. The lowest BCUT2D eigenvalue weighted by Crippen LogP contribution is -2.33. The summed E-state index contributed by atoms with van der Waals surface area (Å²) in [4.78, 5) is 42.0. The van der Waals surface area contributed by atoms with E-state index in [1.807, 2.05) is 35.6 Å². The van der Waals surface area contributed by atoms with Crippen molar-refractivity contribution < 1.29 is 19.1 Å². The van der Waals surface area contributed by atoms with Gasteiger partial charge in [-0.3, -0.25) is 9.59 Å². The molecule has 0 radical (unpaired) electrons. The number of imide groups is 1. The van der Waals surface area contributed by atoms with Crippen molar-refractivity contribution in [3.05, 3.63) is 53.0 Å². The number of rotatable bonds is 5. The van der Waals surface area contributed by atoms with Crippen LogP contribution >= 0.6 is 22.6 Å². The fourth-order valence-electron chi connectivity index (χ4n) is 3.04. The molecule has 10 nitrogen and oxygen atoms in total. The van der Waals surface area contributed by atoms with E-state index in [4.69, 9.17) is 4.74 Å². The molecule has 2 heterocycles. The number of anilines is 2. The van der Waals surface area contributed by atoms with Crippen molar-refractivity contribution in [3.63, 3.8) is 0 Å². The fourth-order valence-corrected chi connectivity index (χ4v) is 3.31. The number of aromatic nitrogens is 3. The number of benzene rings is 1. The number of fused-ring (bicyclic) bond motifs is 1. The van der Waals surface area contributed by atoms with Gasteiger partial charge >= 0.3 is 6.09 Å². The van der Waals surface area contributed by atoms with Gasteiger partial charge in [0.2, 0.25) is 0 Å². The Morgan fingerprint density at radius 2 is 2.00 bits per heavy atom. The number of nitrogens with one attached hydrogen (secondary N) is 2. The fraction of sp³-hybridized carbons (Fsp3) is 0.250. The van der Waals surface area contributed by atoms with Crippen molar-refractivity contribution in [1.29, 1.82) is 0 Å². The molecule has 0 aliphatic rings. The predicted molar refractivity (Wildman–Crippen MR) is 123 cm³/mol. The normalized spacial score (nSPS) is 10.6. The molecule has 3 aromatic rings. The molecule has 0 unspecified atom stereocenters. The number of nitrogens with zero attached hydrogens (tertiary/aromatic N) is 4. The van der Waals surface area contributed by atoms with Crippen LogP contribution in [0.1, 0.15) is 31.8 Å². The third kappa shape index (κ3) is 4.45. The summed E-state index contributed by atoms with van der Waals surface area (Å²) in [7, 11) is 2.93. The van der Waals surface area contributed by atoms with Crippen molar-refractivity contribution in [2.24, 2.45) is 0 Å². The standard InChI is InChI=1S/C20H21IN6O4/c1-11-5-6-13(18(28)22-3)7-15(11)25-17-16-12(2)14(8-27(16)24-10-23-17)19(29)26(4)20(30)31-9-21/h5-8,10H,9H2,1-4H3,(H,22,28)(H,23,24,25). The molecule has 0 fully saturated rings. The molecule has 0 aliphatic carbocycles. The summed E-state index contributed by atoms with van der Waals surface area (Å²) in [5, 5.41) is 10.0. The maximum absolute atomic E-state index is 12.8. The topological polar surface area (TPSA) is 118 Å². The van der Waals surface area contributed by atoms with Gasteiger partial charge in [0.1, 0.15) is 16.5 Å². The lowest BCUT2D eigenvalue weighted by molar-refractivity contribution is 0.0746. The van der Waals surface area contributed by atoms with Gasteiger partial charge in [-0.15, -0.1) is 0 Å². The van der Waals surface area contributed by atoms with Crippen LogP contribution in [0.25, 0.3) is 5.52 Å². The minimum atomic E-state index is -0.736. The van der Waals surface area contributed by atoms with Crippen LogP contribution in [-0.2, 0) is 4.74 Å². The molecule has 3 rings (SSSR count). The highest BCUT2D eigenvalue weighted by molar-refractivity contribution is 14.1. The average Bonchev–Trinajstić information content (AvgIpc) is 3.11. The smallest absolute Gasteiger partial charge is 0.417 e. The van der Waals surface area contributed by atoms with Crippen molar-refractivity contribution in [1.82, 2.24) is 24.8 Å². The number of hydrogen-bond acceptors (Lipinski definition) is 7. The number of aryl methyl sites for hydroxylation is 2. The Morgan fingerprint density at radius 1 is 1.26 bits per heavy atom. The summed E-state index contributed by atoms with van der Waals surface area (Å²) < 4.78 is 6.55. The second kappa shape index (κ2) is 9.29. The summed E-state index contributed by atoms with van der Waals surface area (Å²) >= 11 is 1.88. The molecule has 0 spiro atoms. The number of halogens is 1. The molecule has 31 heavy (non-hydrogen) atoms. The van der Waals surface area contributed by atoms with E-state index in [0.29, 0.717) is 33.7 Å². The Hall–Kier alpha value is -3.22. The van der Waals surface area contributed by atoms with Gasteiger partial charge in [0.05, 0.1) is 5.56 Å². The van der Waals surface area contributed by atoms with E-state index in [1.165, 1.54) is 17.9 Å². The molecule has 162 valence electrons. The Bertz CT molecular complexity index is 1180. The molecular formula is C20H21IN6O4. The van der Waals surface area contributed by atoms with Crippen LogP contribution in [0, 0.1) is 13.8 Å². The van der Waals surface area contributed by atoms with Gasteiger partial charge in [-0.25, -0.2) is 19.2 Å². The minimum Gasteiger partial charge on any atom is -0.438 e. The third-order valence-electron chi connectivity index (χ3n) is 4.79. The first-order valence-electron chi connectivity index (χ1n) is 9.22. The van der Waals surface area contributed by atoms with Crippen molar-refractivity contribution >= 4 is 57.5 Å². The molecule has 0 atom stereocenters. The number of ether oxygens (including phenoxy) is 1. The molecule has 0 aliphatic heterocycles. The quantitative estimate of drug-likeness (QED) is 0.380. The van der Waals surface area contributed by atoms with Gasteiger partial charge in [0, 0.05) is 31.5 Å². The van der Waals surface area contributed by atoms with Gasteiger partial charge in [-0.2, -0.15) is 5.10 Å². The lowest BCUT2D eigenvalue weighted by atomic mass is 10.1. The maximum Gasteiger partial charge on any atom is 0.417 e. The Balaban J connectivity index is 2.02. The van der Waals surface area contributed by atoms with Crippen LogP contribution in [0.15, 0.2) is 30.7 Å². The van der Waals surface area contributed by atoms with Crippen molar-refractivity contribution in [3.8, 4) is 0 Å². The number of amides is 3. The first kappa shape index (κ1) is 22.5. The summed E-state index contributed by atoms with van der Waals surface area (Å²) in [5.74, 6) is -0.258.